The zero-order valence-corrected chi connectivity index (χ0v) is 12.0. The lowest BCUT2D eigenvalue weighted by molar-refractivity contribution is -0.156. The highest BCUT2D eigenvalue weighted by atomic mass is 16.6. The van der Waals surface area contributed by atoms with Crippen molar-refractivity contribution in [1.29, 1.82) is 0 Å². The van der Waals surface area contributed by atoms with Crippen LogP contribution in [0.5, 0.6) is 11.5 Å². The molecule has 0 fully saturated rings. The molecule has 0 saturated carbocycles. The van der Waals surface area contributed by atoms with Gasteiger partial charge >= 0.3 is 11.9 Å². The molecule has 0 atom stereocenters. The summed E-state index contributed by atoms with van der Waals surface area (Å²) in [5.41, 5.74) is 0.670. The van der Waals surface area contributed by atoms with Gasteiger partial charge in [-0.1, -0.05) is 6.07 Å². The number of carbonyl (C=O) groups is 3. The quantitative estimate of drug-likeness (QED) is 0.451. The van der Waals surface area contributed by atoms with Crippen LogP contribution in [-0.4, -0.2) is 31.9 Å². The molecule has 1 rings (SSSR count). The van der Waals surface area contributed by atoms with Crippen LogP contribution in [0.15, 0.2) is 24.3 Å². The average molecular weight is 292 g/mol. The van der Waals surface area contributed by atoms with Gasteiger partial charge in [-0.05, 0) is 30.7 Å². The molecule has 1 aromatic rings. The lowest BCUT2D eigenvalue weighted by atomic mass is 10.2. The fraction of sp³-hybridized carbons (Fsp3) is 0.267. The van der Waals surface area contributed by atoms with E-state index in [-0.39, 0.29) is 5.78 Å². The molecule has 0 aromatic heterocycles. The number of Topliss-reactive ketones (excluding diaryl/α,β-unsaturated/α-hetero) is 1. The molecule has 21 heavy (non-hydrogen) atoms. The van der Waals surface area contributed by atoms with Gasteiger partial charge in [0.25, 0.3) is 0 Å². The Hall–Kier alpha value is -2.63. The Morgan fingerprint density at radius 2 is 1.76 bits per heavy atom. The predicted octanol–water partition coefficient (Wildman–Crippen LogP) is 1.77. The van der Waals surface area contributed by atoms with Crippen molar-refractivity contribution < 1.29 is 28.6 Å². The molecule has 1 aromatic carbocycles. The first kappa shape index (κ1) is 16.4. The van der Waals surface area contributed by atoms with E-state index < -0.39 is 18.4 Å². The van der Waals surface area contributed by atoms with Gasteiger partial charge in [-0.2, -0.15) is 0 Å². The van der Waals surface area contributed by atoms with Crippen LogP contribution >= 0.6 is 0 Å². The molecular formula is C15H16O6. The highest BCUT2D eigenvalue weighted by Crippen LogP contribution is 2.27. The number of esters is 2. The van der Waals surface area contributed by atoms with Gasteiger partial charge in [-0.3, -0.25) is 9.59 Å². The zero-order chi connectivity index (χ0) is 15.8. The number of rotatable bonds is 6. The Labute approximate surface area is 122 Å². The first-order valence-corrected chi connectivity index (χ1v) is 6.10. The summed E-state index contributed by atoms with van der Waals surface area (Å²) in [6, 6.07) is 5.06. The summed E-state index contributed by atoms with van der Waals surface area (Å²) in [6.45, 7) is 1.24. The number of hydrogen-bond donors (Lipinski definition) is 0. The normalized spacial score (nSPS) is 10.2. The smallest absolute Gasteiger partial charge is 0.338 e. The van der Waals surface area contributed by atoms with Crippen molar-refractivity contribution in [3.05, 3.63) is 29.8 Å². The summed E-state index contributed by atoms with van der Waals surface area (Å²) in [7, 11) is 3.02. The van der Waals surface area contributed by atoms with Crippen molar-refractivity contribution in [2.75, 3.05) is 14.2 Å². The third-order valence-electron chi connectivity index (χ3n) is 2.43. The molecule has 6 nitrogen and oxygen atoms in total. The van der Waals surface area contributed by atoms with E-state index >= 15 is 0 Å². The van der Waals surface area contributed by atoms with Crippen LogP contribution < -0.4 is 9.47 Å². The predicted molar refractivity (Wildman–Crippen MR) is 75.0 cm³/mol. The van der Waals surface area contributed by atoms with Crippen molar-refractivity contribution in [1.82, 2.24) is 0 Å². The van der Waals surface area contributed by atoms with Crippen LogP contribution in [0.4, 0.5) is 0 Å². The van der Waals surface area contributed by atoms with Crippen molar-refractivity contribution in [2.45, 2.75) is 13.3 Å². The zero-order valence-electron chi connectivity index (χ0n) is 12.0. The molecule has 0 N–H and O–H groups in total. The lowest BCUT2D eigenvalue weighted by Crippen LogP contribution is -2.12. The molecule has 0 unspecified atom stereocenters. The van der Waals surface area contributed by atoms with Crippen LogP contribution in [0.2, 0.25) is 0 Å². The van der Waals surface area contributed by atoms with E-state index in [1.165, 1.54) is 27.2 Å². The molecule has 0 aliphatic carbocycles. The van der Waals surface area contributed by atoms with Crippen LogP contribution in [0.3, 0.4) is 0 Å². The molecule has 6 heteroatoms. The average Bonchev–Trinajstić information content (AvgIpc) is 2.43. The fourth-order valence-electron chi connectivity index (χ4n) is 1.51. The summed E-state index contributed by atoms with van der Waals surface area (Å²) in [5.74, 6) is -0.994. The van der Waals surface area contributed by atoms with E-state index in [0.717, 1.165) is 6.08 Å². The Morgan fingerprint density at radius 3 is 2.33 bits per heavy atom. The van der Waals surface area contributed by atoms with Crippen LogP contribution in [0.1, 0.15) is 18.9 Å². The number of carbonyl (C=O) groups excluding carboxylic acids is 3. The van der Waals surface area contributed by atoms with Gasteiger partial charge in [0, 0.05) is 6.08 Å². The van der Waals surface area contributed by atoms with Crippen molar-refractivity contribution in [3.63, 3.8) is 0 Å². The minimum Gasteiger partial charge on any atom is -0.493 e. The van der Waals surface area contributed by atoms with Crippen molar-refractivity contribution in [3.8, 4) is 11.5 Å². The lowest BCUT2D eigenvalue weighted by Gasteiger charge is -2.07. The number of methoxy groups -OCH3 is 2. The van der Waals surface area contributed by atoms with E-state index in [1.54, 1.807) is 18.2 Å². The molecule has 0 radical (unpaired) electrons. The molecule has 0 spiro atoms. The molecule has 0 aliphatic rings. The van der Waals surface area contributed by atoms with E-state index in [4.69, 9.17) is 9.47 Å². The first-order valence-electron chi connectivity index (χ1n) is 6.10. The minimum absolute atomic E-state index is 0.364. The molecule has 0 heterocycles. The molecule has 0 saturated heterocycles. The molecule has 0 bridgehead atoms. The second-order valence-electron chi connectivity index (χ2n) is 4.12. The Morgan fingerprint density at radius 1 is 1.10 bits per heavy atom. The largest absolute Gasteiger partial charge is 0.493 e. The summed E-state index contributed by atoms with van der Waals surface area (Å²) in [5, 5.41) is 0. The van der Waals surface area contributed by atoms with Gasteiger partial charge in [-0.25, -0.2) is 4.79 Å². The van der Waals surface area contributed by atoms with Gasteiger partial charge in [0.1, 0.15) is 12.2 Å². The van der Waals surface area contributed by atoms with Gasteiger partial charge < -0.3 is 14.2 Å². The summed E-state index contributed by atoms with van der Waals surface area (Å²) in [4.78, 5) is 33.2. The number of benzene rings is 1. The highest BCUT2D eigenvalue weighted by Gasteiger charge is 2.10. The molecular weight excluding hydrogens is 276 g/mol. The summed E-state index contributed by atoms with van der Waals surface area (Å²) in [6.07, 6.45) is 2.14. The Balaban J connectivity index is 2.70. The van der Waals surface area contributed by atoms with Crippen LogP contribution in [0, 0.1) is 0 Å². The third kappa shape index (κ3) is 5.48. The van der Waals surface area contributed by atoms with Gasteiger partial charge in [0.05, 0.1) is 14.2 Å². The van der Waals surface area contributed by atoms with Gasteiger partial charge in [-0.15, -0.1) is 0 Å². The van der Waals surface area contributed by atoms with Crippen LogP contribution in [-0.2, 0) is 19.1 Å². The standard InChI is InChI=1S/C15H16O6/c1-10(16)8-15(18)21-14(17)7-5-11-4-6-12(19-2)13(9-11)20-3/h4-7,9H,8H2,1-3H3/b7-5+. The second kappa shape index (κ2) is 7.84. The maximum Gasteiger partial charge on any atom is 0.338 e. The van der Waals surface area contributed by atoms with E-state index in [9.17, 15) is 14.4 Å². The highest BCUT2D eigenvalue weighted by molar-refractivity contribution is 6.01. The number of ether oxygens (including phenoxy) is 3. The fourth-order valence-corrected chi connectivity index (χ4v) is 1.51. The van der Waals surface area contributed by atoms with Crippen LogP contribution in [0.25, 0.3) is 6.08 Å². The van der Waals surface area contributed by atoms with E-state index in [2.05, 4.69) is 4.74 Å². The van der Waals surface area contributed by atoms with E-state index in [1.807, 2.05) is 0 Å². The maximum absolute atomic E-state index is 11.4. The van der Waals surface area contributed by atoms with Gasteiger partial charge in [0.2, 0.25) is 0 Å². The van der Waals surface area contributed by atoms with Gasteiger partial charge in [0.15, 0.2) is 11.5 Å². The number of hydrogen-bond acceptors (Lipinski definition) is 6. The van der Waals surface area contributed by atoms with E-state index in [0.29, 0.717) is 17.1 Å². The molecule has 112 valence electrons. The minimum atomic E-state index is -0.871. The topological polar surface area (TPSA) is 78.9 Å². The van der Waals surface area contributed by atoms with Crippen molar-refractivity contribution >= 4 is 23.8 Å². The third-order valence-corrected chi connectivity index (χ3v) is 2.43. The van der Waals surface area contributed by atoms with Crippen molar-refractivity contribution in [2.24, 2.45) is 0 Å². The monoisotopic (exact) mass is 292 g/mol. The molecule has 0 amide bonds. The summed E-state index contributed by atoms with van der Waals surface area (Å²) < 4.78 is 14.7. The first-order chi connectivity index (χ1) is 9.96. The number of ketones is 1. The maximum atomic E-state index is 11.4. The molecule has 0 aliphatic heterocycles. The summed E-state index contributed by atoms with van der Waals surface area (Å²) >= 11 is 0. The SMILES string of the molecule is COc1ccc(/C=C/C(=O)OC(=O)CC(C)=O)cc1OC. The Kier molecular flexibility index (Phi) is 6.13. The Bertz CT molecular complexity index is 574. The second-order valence-corrected chi connectivity index (χ2v) is 4.12.